The average Bonchev–Trinajstić information content (AvgIpc) is 3.11. The number of hydrogen-bond donors (Lipinski definition) is 3. The van der Waals surface area contributed by atoms with Crippen LogP contribution in [0.25, 0.3) is 23.2 Å². The second-order valence-corrected chi connectivity index (χ2v) is 7.71. The van der Waals surface area contributed by atoms with Crippen LogP contribution in [0.5, 0.6) is 0 Å². The predicted molar refractivity (Wildman–Crippen MR) is 122 cm³/mol. The first-order valence-corrected chi connectivity index (χ1v) is 10.3. The van der Waals surface area contributed by atoms with Gasteiger partial charge in [0.15, 0.2) is 0 Å². The minimum absolute atomic E-state index is 0.0593. The molecule has 0 aliphatic carbocycles. The van der Waals surface area contributed by atoms with Crippen LogP contribution in [-0.4, -0.2) is 21.9 Å². The topological polar surface area (TPSA) is 69.8 Å². The van der Waals surface area contributed by atoms with E-state index in [9.17, 15) is 4.79 Å². The van der Waals surface area contributed by atoms with E-state index in [1.807, 2.05) is 57.2 Å². The fourth-order valence-electron chi connectivity index (χ4n) is 3.39. The summed E-state index contributed by atoms with van der Waals surface area (Å²) < 4.78 is 0. The van der Waals surface area contributed by atoms with E-state index >= 15 is 0 Å². The van der Waals surface area contributed by atoms with Crippen molar-refractivity contribution in [1.29, 1.82) is 0 Å². The Kier molecular flexibility index (Phi) is 5.30. The normalized spacial score (nSPS) is 13.3. The molecule has 0 saturated heterocycles. The third kappa shape index (κ3) is 3.80. The Morgan fingerprint density at radius 3 is 2.63 bits per heavy atom. The molecule has 2 aromatic carbocycles. The summed E-state index contributed by atoms with van der Waals surface area (Å²) in [6.07, 6.45) is 2.85. The van der Waals surface area contributed by atoms with Gasteiger partial charge in [0.1, 0.15) is 5.82 Å². The predicted octanol–water partition coefficient (Wildman–Crippen LogP) is 5.30. The highest BCUT2D eigenvalue weighted by atomic mass is 16.1. The van der Waals surface area contributed by atoms with E-state index in [0.29, 0.717) is 5.56 Å². The molecule has 0 radical (unpaired) electrons. The molecule has 4 rings (SSSR count). The second kappa shape index (κ2) is 8.05. The molecule has 2 heterocycles. The van der Waals surface area contributed by atoms with E-state index in [1.165, 1.54) is 0 Å². The summed E-state index contributed by atoms with van der Waals surface area (Å²) in [6.45, 7) is 8.08. The maximum Gasteiger partial charge on any atom is 0.251 e. The van der Waals surface area contributed by atoms with E-state index in [2.05, 4.69) is 45.4 Å². The number of aromatic nitrogens is 2. The Morgan fingerprint density at radius 1 is 1.17 bits per heavy atom. The molecule has 5 nitrogen and oxygen atoms in total. The summed E-state index contributed by atoms with van der Waals surface area (Å²) in [5.41, 5.74) is 10.8. The highest BCUT2D eigenvalue weighted by Crippen LogP contribution is 2.32. The molecule has 1 amide bonds. The zero-order valence-electron chi connectivity index (χ0n) is 17.8. The lowest BCUT2D eigenvalue weighted by atomic mass is 10.00. The molecule has 1 aromatic heterocycles. The van der Waals surface area contributed by atoms with E-state index in [-0.39, 0.29) is 11.9 Å². The molecule has 0 spiro atoms. The van der Waals surface area contributed by atoms with Crippen molar-refractivity contribution >= 4 is 23.4 Å². The Morgan fingerprint density at radius 2 is 1.93 bits per heavy atom. The van der Waals surface area contributed by atoms with Crippen LogP contribution in [0.2, 0.25) is 0 Å². The molecule has 152 valence electrons. The fraction of sp³-hybridized carbons (Fsp3) is 0.240. The molecule has 0 fully saturated rings. The van der Waals surface area contributed by atoms with Crippen LogP contribution in [0.1, 0.15) is 53.1 Å². The highest BCUT2D eigenvalue weighted by Gasteiger charge is 2.17. The number of anilines is 1. The van der Waals surface area contributed by atoms with Gasteiger partial charge in [-0.15, -0.1) is 0 Å². The van der Waals surface area contributed by atoms with Crippen LogP contribution in [0.15, 0.2) is 48.2 Å². The maximum absolute atomic E-state index is 12.5. The van der Waals surface area contributed by atoms with E-state index in [4.69, 9.17) is 0 Å². The third-order valence-corrected chi connectivity index (χ3v) is 5.52. The molecule has 3 aromatic rings. The van der Waals surface area contributed by atoms with Crippen LogP contribution in [0, 0.1) is 13.8 Å². The summed E-state index contributed by atoms with van der Waals surface area (Å²) in [7, 11) is 0. The average molecular weight is 399 g/mol. The lowest BCUT2D eigenvalue weighted by Crippen LogP contribution is -2.31. The Labute approximate surface area is 177 Å². The fourth-order valence-corrected chi connectivity index (χ4v) is 3.39. The minimum atomic E-state index is -0.0593. The van der Waals surface area contributed by atoms with Crippen LogP contribution >= 0.6 is 0 Å². The van der Waals surface area contributed by atoms with Crippen LogP contribution in [0.3, 0.4) is 0 Å². The Hall–Kier alpha value is -3.56. The smallest absolute Gasteiger partial charge is 0.251 e. The molecule has 30 heavy (non-hydrogen) atoms. The maximum atomic E-state index is 12.5. The van der Waals surface area contributed by atoms with Crippen LogP contribution < -0.4 is 10.6 Å². The van der Waals surface area contributed by atoms with Gasteiger partial charge in [-0.2, -0.15) is 0 Å². The number of benzene rings is 2. The number of nitrogens with zero attached hydrogens (tertiary/aromatic N) is 1. The molecule has 1 atom stereocenters. The van der Waals surface area contributed by atoms with E-state index < -0.39 is 0 Å². The summed E-state index contributed by atoms with van der Waals surface area (Å²) in [6, 6.07) is 13.9. The molecule has 1 unspecified atom stereocenters. The van der Waals surface area contributed by atoms with Crippen molar-refractivity contribution in [1.82, 2.24) is 15.3 Å². The summed E-state index contributed by atoms with van der Waals surface area (Å²) in [5, 5.41) is 6.48. The van der Waals surface area contributed by atoms with Gasteiger partial charge in [-0.05, 0) is 45.4 Å². The zero-order chi connectivity index (χ0) is 21.3. The number of rotatable bonds is 5. The SMILES string of the molecule is CCC(C)NC(=O)c1ccc2c(c1)NC(c1ccccc1-c1nc(C)c(C)[nH]1)=C=C2. The minimum Gasteiger partial charge on any atom is -0.350 e. The number of carbonyl (C=O) groups excluding carboxylic acids is 1. The summed E-state index contributed by atoms with van der Waals surface area (Å²) in [5.74, 6) is 0.778. The molecule has 1 aliphatic rings. The van der Waals surface area contributed by atoms with Gasteiger partial charge in [-0.25, -0.2) is 4.98 Å². The van der Waals surface area contributed by atoms with Gasteiger partial charge in [0, 0.05) is 39.7 Å². The van der Waals surface area contributed by atoms with Gasteiger partial charge in [0.25, 0.3) is 5.91 Å². The summed E-state index contributed by atoms with van der Waals surface area (Å²) >= 11 is 0. The number of fused-ring (bicyclic) bond motifs is 1. The van der Waals surface area contributed by atoms with Crippen molar-refractivity contribution in [3.05, 3.63) is 76.3 Å². The third-order valence-electron chi connectivity index (χ3n) is 5.52. The molecular formula is C25H26N4O. The van der Waals surface area contributed by atoms with Crippen molar-refractivity contribution in [2.45, 2.75) is 40.2 Å². The molecular weight excluding hydrogens is 372 g/mol. The molecule has 5 heteroatoms. The second-order valence-electron chi connectivity index (χ2n) is 7.71. The number of amides is 1. The van der Waals surface area contributed by atoms with E-state index in [1.54, 1.807) is 0 Å². The van der Waals surface area contributed by atoms with Gasteiger partial charge in [0.05, 0.1) is 11.4 Å². The number of nitrogens with one attached hydrogen (secondary N) is 3. The Balaban J connectivity index is 1.67. The first-order chi connectivity index (χ1) is 14.5. The molecule has 0 saturated carbocycles. The highest BCUT2D eigenvalue weighted by molar-refractivity contribution is 5.98. The quantitative estimate of drug-likeness (QED) is 0.511. The Bertz CT molecular complexity index is 1160. The number of carbonyl (C=O) groups is 1. The molecule has 0 bridgehead atoms. The van der Waals surface area contributed by atoms with E-state index in [0.717, 1.165) is 51.7 Å². The zero-order valence-corrected chi connectivity index (χ0v) is 17.8. The van der Waals surface area contributed by atoms with Gasteiger partial charge in [-0.3, -0.25) is 4.79 Å². The molecule has 3 N–H and O–H groups in total. The number of imidazole rings is 1. The van der Waals surface area contributed by atoms with Gasteiger partial charge in [-0.1, -0.05) is 43.0 Å². The first-order valence-electron chi connectivity index (χ1n) is 10.3. The van der Waals surface area contributed by atoms with Crippen molar-refractivity contribution in [3.8, 4) is 11.4 Å². The number of hydrogen-bond acceptors (Lipinski definition) is 3. The van der Waals surface area contributed by atoms with Crippen molar-refractivity contribution in [2.24, 2.45) is 0 Å². The number of H-pyrrole nitrogens is 1. The lowest BCUT2D eigenvalue weighted by molar-refractivity contribution is 0.0939. The first kappa shape index (κ1) is 19.7. The van der Waals surface area contributed by atoms with Gasteiger partial charge < -0.3 is 15.6 Å². The van der Waals surface area contributed by atoms with Crippen LogP contribution in [-0.2, 0) is 0 Å². The lowest BCUT2D eigenvalue weighted by Gasteiger charge is -2.18. The van der Waals surface area contributed by atoms with Crippen molar-refractivity contribution in [2.75, 3.05) is 5.32 Å². The standard InChI is InChI=1S/C25H26N4O/c1-5-15(2)26-25(30)19-11-10-18-12-13-22(29-23(18)14-19)20-8-6-7-9-21(20)24-27-16(3)17(4)28-24/h6-12,14-15,29H,5H2,1-4H3,(H,26,30)(H,27,28). The summed E-state index contributed by atoms with van der Waals surface area (Å²) in [4.78, 5) is 20.6. The van der Waals surface area contributed by atoms with Crippen LogP contribution in [0.4, 0.5) is 5.69 Å². The van der Waals surface area contributed by atoms with Gasteiger partial charge in [0.2, 0.25) is 0 Å². The van der Waals surface area contributed by atoms with Gasteiger partial charge >= 0.3 is 0 Å². The number of aryl methyl sites for hydroxylation is 2. The molecule has 1 aliphatic heterocycles. The number of aromatic amines is 1. The monoisotopic (exact) mass is 398 g/mol. The van der Waals surface area contributed by atoms with Crippen molar-refractivity contribution < 1.29 is 4.79 Å². The largest absolute Gasteiger partial charge is 0.350 e. The van der Waals surface area contributed by atoms with Crippen molar-refractivity contribution in [3.63, 3.8) is 0 Å².